The molecule has 0 bridgehead atoms. The Morgan fingerprint density at radius 3 is 2.14 bits per heavy atom. The number of benzene rings is 1. The Labute approximate surface area is 126 Å². The summed E-state index contributed by atoms with van der Waals surface area (Å²) < 4.78 is 0. The number of hydrogen-bond donors (Lipinski definition) is 3. The first-order chi connectivity index (χ1) is 10.2. The molecule has 116 valence electrons. The van der Waals surface area contributed by atoms with E-state index in [1.165, 1.54) is 0 Å². The first-order valence-electron chi connectivity index (χ1n) is 7.54. The Kier molecular flexibility index (Phi) is 8.88. The lowest BCUT2D eigenvalue weighted by Gasteiger charge is -2.05. The molecule has 4 N–H and O–H groups in total. The minimum atomic E-state index is 0.0434. The fourth-order valence-corrected chi connectivity index (χ4v) is 1.97. The van der Waals surface area contributed by atoms with Gasteiger partial charge < -0.3 is 16.4 Å². The van der Waals surface area contributed by atoms with Crippen LogP contribution in [0.25, 0.3) is 0 Å². The van der Waals surface area contributed by atoms with Gasteiger partial charge in [-0.3, -0.25) is 9.59 Å². The van der Waals surface area contributed by atoms with E-state index in [0.29, 0.717) is 25.9 Å². The van der Waals surface area contributed by atoms with E-state index in [4.69, 9.17) is 5.73 Å². The Morgan fingerprint density at radius 2 is 1.52 bits per heavy atom. The molecule has 0 aliphatic carbocycles. The van der Waals surface area contributed by atoms with E-state index in [9.17, 15) is 9.59 Å². The van der Waals surface area contributed by atoms with Crippen LogP contribution in [0.1, 0.15) is 38.5 Å². The molecule has 5 heteroatoms. The van der Waals surface area contributed by atoms with Gasteiger partial charge >= 0.3 is 0 Å². The van der Waals surface area contributed by atoms with Crippen molar-refractivity contribution >= 4 is 17.5 Å². The summed E-state index contributed by atoms with van der Waals surface area (Å²) in [7, 11) is 0. The van der Waals surface area contributed by atoms with Crippen LogP contribution in [0, 0.1) is 0 Å². The standard InChI is InChI=1S/C16H25N3O2/c17-12-13-18-15(20)10-6-1-2-7-11-16(21)19-14-8-4-3-5-9-14/h3-5,8-9H,1-2,6-7,10-13,17H2,(H,18,20)(H,19,21). The summed E-state index contributed by atoms with van der Waals surface area (Å²) in [5, 5.41) is 5.60. The molecule has 1 aromatic carbocycles. The molecular weight excluding hydrogens is 266 g/mol. The predicted octanol–water partition coefficient (Wildman–Crippen LogP) is 2.04. The normalized spacial score (nSPS) is 10.1. The Morgan fingerprint density at radius 1 is 0.905 bits per heavy atom. The van der Waals surface area contributed by atoms with E-state index in [1.54, 1.807) is 0 Å². The van der Waals surface area contributed by atoms with Crippen molar-refractivity contribution in [2.45, 2.75) is 38.5 Å². The molecule has 0 saturated heterocycles. The maximum atomic E-state index is 11.7. The van der Waals surface area contributed by atoms with Crippen LogP contribution >= 0.6 is 0 Å². The molecule has 1 aromatic rings. The van der Waals surface area contributed by atoms with Crippen LogP contribution < -0.4 is 16.4 Å². The minimum Gasteiger partial charge on any atom is -0.355 e. The van der Waals surface area contributed by atoms with Gasteiger partial charge in [0.1, 0.15) is 0 Å². The zero-order valence-corrected chi connectivity index (χ0v) is 12.4. The van der Waals surface area contributed by atoms with Gasteiger partial charge in [-0.2, -0.15) is 0 Å². The molecule has 0 spiro atoms. The highest BCUT2D eigenvalue weighted by atomic mass is 16.2. The van der Waals surface area contributed by atoms with Gasteiger partial charge in [0.2, 0.25) is 11.8 Å². The van der Waals surface area contributed by atoms with Gasteiger partial charge in [0.15, 0.2) is 0 Å². The molecule has 1 rings (SSSR count). The third-order valence-corrected chi connectivity index (χ3v) is 3.08. The zero-order valence-electron chi connectivity index (χ0n) is 12.4. The molecule has 2 amide bonds. The van der Waals surface area contributed by atoms with Crippen LogP contribution in [0.2, 0.25) is 0 Å². The number of hydrogen-bond acceptors (Lipinski definition) is 3. The molecule has 0 atom stereocenters. The van der Waals surface area contributed by atoms with Gasteiger partial charge in [0, 0.05) is 31.6 Å². The van der Waals surface area contributed by atoms with Crippen molar-refractivity contribution in [3.8, 4) is 0 Å². The smallest absolute Gasteiger partial charge is 0.224 e. The highest BCUT2D eigenvalue weighted by Gasteiger charge is 2.03. The van der Waals surface area contributed by atoms with Crippen molar-refractivity contribution in [2.24, 2.45) is 5.73 Å². The second kappa shape index (κ2) is 10.9. The van der Waals surface area contributed by atoms with Gasteiger partial charge in [-0.15, -0.1) is 0 Å². The molecular formula is C16H25N3O2. The number of unbranched alkanes of at least 4 members (excludes halogenated alkanes) is 3. The molecule has 0 aromatic heterocycles. The van der Waals surface area contributed by atoms with Gasteiger partial charge in [0.25, 0.3) is 0 Å². The number of para-hydroxylation sites is 1. The van der Waals surface area contributed by atoms with Gasteiger partial charge in [-0.25, -0.2) is 0 Å². The predicted molar refractivity (Wildman–Crippen MR) is 84.8 cm³/mol. The van der Waals surface area contributed by atoms with E-state index in [1.807, 2.05) is 30.3 Å². The average molecular weight is 291 g/mol. The van der Waals surface area contributed by atoms with Crippen molar-refractivity contribution in [3.05, 3.63) is 30.3 Å². The Balaban J connectivity index is 1.99. The quantitative estimate of drug-likeness (QED) is 0.577. The summed E-state index contributed by atoms with van der Waals surface area (Å²) in [6, 6.07) is 9.45. The maximum Gasteiger partial charge on any atom is 0.224 e. The largest absolute Gasteiger partial charge is 0.355 e. The number of carbonyl (C=O) groups is 2. The van der Waals surface area contributed by atoms with Gasteiger partial charge in [0.05, 0.1) is 0 Å². The first kappa shape index (κ1) is 17.2. The second-order valence-corrected chi connectivity index (χ2v) is 4.97. The lowest BCUT2D eigenvalue weighted by atomic mass is 10.1. The van der Waals surface area contributed by atoms with E-state index in [2.05, 4.69) is 10.6 Å². The minimum absolute atomic E-state index is 0.0434. The first-order valence-corrected chi connectivity index (χ1v) is 7.54. The fraction of sp³-hybridized carbons (Fsp3) is 0.500. The lowest BCUT2D eigenvalue weighted by molar-refractivity contribution is -0.121. The van der Waals surface area contributed by atoms with Gasteiger partial charge in [-0.05, 0) is 25.0 Å². The van der Waals surface area contributed by atoms with Crippen LogP contribution in [0.3, 0.4) is 0 Å². The third-order valence-electron chi connectivity index (χ3n) is 3.08. The van der Waals surface area contributed by atoms with Crippen LogP contribution in [-0.2, 0) is 9.59 Å². The van der Waals surface area contributed by atoms with E-state index in [-0.39, 0.29) is 11.8 Å². The van der Waals surface area contributed by atoms with Crippen LogP contribution in [0.5, 0.6) is 0 Å². The summed E-state index contributed by atoms with van der Waals surface area (Å²) >= 11 is 0. The molecule has 0 fully saturated rings. The summed E-state index contributed by atoms with van der Waals surface area (Å²) in [4.78, 5) is 23.0. The summed E-state index contributed by atoms with van der Waals surface area (Å²) in [5.41, 5.74) is 6.13. The molecule has 0 aliphatic rings. The highest BCUT2D eigenvalue weighted by Crippen LogP contribution is 2.09. The SMILES string of the molecule is NCCNC(=O)CCCCCCC(=O)Nc1ccccc1. The second-order valence-electron chi connectivity index (χ2n) is 4.97. The zero-order chi connectivity index (χ0) is 15.3. The Hall–Kier alpha value is -1.88. The number of rotatable bonds is 10. The molecule has 5 nitrogen and oxygen atoms in total. The molecule has 0 radical (unpaired) electrons. The third kappa shape index (κ3) is 8.81. The molecule has 0 unspecified atom stereocenters. The number of nitrogens with one attached hydrogen (secondary N) is 2. The van der Waals surface area contributed by atoms with E-state index >= 15 is 0 Å². The molecule has 0 saturated carbocycles. The molecule has 0 aliphatic heterocycles. The topological polar surface area (TPSA) is 84.2 Å². The number of anilines is 1. The van der Waals surface area contributed by atoms with Crippen molar-refractivity contribution in [1.29, 1.82) is 0 Å². The average Bonchev–Trinajstić information content (AvgIpc) is 2.49. The summed E-state index contributed by atoms with van der Waals surface area (Å²) in [5.74, 6) is 0.101. The summed E-state index contributed by atoms with van der Waals surface area (Å²) in [6.45, 7) is 1.01. The highest BCUT2D eigenvalue weighted by molar-refractivity contribution is 5.90. The number of carbonyl (C=O) groups excluding carboxylic acids is 2. The molecule has 0 heterocycles. The molecule has 21 heavy (non-hydrogen) atoms. The number of nitrogens with two attached hydrogens (primary N) is 1. The Bertz CT molecular complexity index is 421. The van der Waals surface area contributed by atoms with Crippen LogP contribution in [0.4, 0.5) is 5.69 Å². The summed E-state index contributed by atoms with van der Waals surface area (Å²) in [6.07, 6.45) is 4.70. The van der Waals surface area contributed by atoms with Crippen molar-refractivity contribution in [1.82, 2.24) is 5.32 Å². The van der Waals surface area contributed by atoms with E-state index in [0.717, 1.165) is 31.4 Å². The van der Waals surface area contributed by atoms with Crippen molar-refractivity contribution in [3.63, 3.8) is 0 Å². The monoisotopic (exact) mass is 291 g/mol. The lowest BCUT2D eigenvalue weighted by Crippen LogP contribution is -2.28. The maximum absolute atomic E-state index is 11.7. The van der Waals surface area contributed by atoms with E-state index < -0.39 is 0 Å². The van der Waals surface area contributed by atoms with Crippen molar-refractivity contribution in [2.75, 3.05) is 18.4 Å². The van der Waals surface area contributed by atoms with Crippen LogP contribution in [-0.4, -0.2) is 24.9 Å². The number of amides is 2. The fourth-order valence-electron chi connectivity index (χ4n) is 1.97. The van der Waals surface area contributed by atoms with Gasteiger partial charge in [-0.1, -0.05) is 31.0 Å². The van der Waals surface area contributed by atoms with Crippen molar-refractivity contribution < 1.29 is 9.59 Å². The van der Waals surface area contributed by atoms with Crippen LogP contribution in [0.15, 0.2) is 30.3 Å².